The van der Waals surface area contributed by atoms with E-state index in [1.807, 2.05) is 0 Å². The van der Waals surface area contributed by atoms with Crippen LogP contribution in [0.25, 0.3) is 0 Å². The number of thiophene rings is 1. The summed E-state index contributed by atoms with van der Waals surface area (Å²) in [5, 5.41) is 2.60. The minimum Gasteiger partial charge on any atom is -0.462 e. The van der Waals surface area contributed by atoms with Gasteiger partial charge < -0.3 is 15.2 Å². The summed E-state index contributed by atoms with van der Waals surface area (Å²) in [6, 6.07) is 0. The van der Waals surface area contributed by atoms with Gasteiger partial charge in [-0.2, -0.15) is 0 Å². The van der Waals surface area contributed by atoms with Crippen LogP contribution in [0.15, 0.2) is 0 Å². The SMILES string of the molecule is CCOC(=O)Nc1sc(C(N)=O)c(C)c1C(=O)OCC. The average molecular weight is 300 g/mol. The van der Waals surface area contributed by atoms with E-state index in [0.717, 1.165) is 11.3 Å². The largest absolute Gasteiger partial charge is 0.462 e. The summed E-state index contributed by atoms with van der Waals surface area (Å²) in [5.41, 5.74) is 5.74. The van der Waals surface area contributed by atoms with Crippen LogP contribution in [-0.2, 0) is 9.47 Å². The molecule has 0 aliphatic heterocycles. The lowest BCUT2D eigenvalue weighted by atomic mass is 10.1. The molecule has 1 heterocycles. The molecule has 0 atom stereocenters. The third-order valence-electron chi connectivity index (χ3n) is 2.34. The van der Waals surface area contributed by atoms with Crippen LogP contribution in [0.5, 0.6) is 0 Å². The van der Waals surface area contributed by atoms with E-state index in [2.05, 4.69) is 5.32 Å². The summed E-state index contributed by atoms with van der Waals surface area (Å²) in [6.45, 7) is 5.25. The minimum absolute atomic E-state index is 0.124. The van der Waals surface area contributed by atoms with Crippen LogP contribution in [0, 0.1) is 6.92 Å². The Bertz CT molecular complexity index is 538. The second-order valence-electron chi connectivity index (χ2n) is 3.69. The first kappa shape index (κ1) is 16.0. The summed E-state index contributed by atoms with van der Waals surface area (Å²) in [6.07, 6.45) is -0.713. The molecular weight excluding hydrogens is 284 g/mol. The molecule has 0 aromatic carbocycles. The van der Waals surface area contributed by atoms with Crippen molar-refractivity contribution in [1.82, 2.24) is 0 Å². The summed E-state index contributed by atoms with van der Waals surface area (Å²) >= 11 is 0.915. The van der Waals surface area contributed by atoms with Crippen LogP contribution in [0.2, 0.25) is 0 Å². The monoisotopic (exact) mass is 300 g/mol. The van der Waals surface area contributed by atoms with Crippen LogP contribution >= 0.6 is 11.3 Å². The number of hydrogen-bond donors (Lipinski definition) is 2. The molecule has 0 aliphatic rings. The second kappa shape index (κ2) is 6.90. The highest BCUT2D eigenvalue weighted by molar-refractivity contribution is 7.18. The van der Waals surface area contributed by atoms with Gasteiger partial charge in [0.25, 0.3) is 5.91 Å². The van der Waals surface area contributed by atoms with Crippen LogP contribution < -0.4 is 11.1 Å². The van der Waals surface area contributed by atoms with E-state index in [4.69, 9.17) is 15.2 Å². The Morgan fingerprint density at radius 3 is 2.30 bits per heavy atom. The molecule has 1 rings (SSSR count). The van der Waals surface area contributed by atoms with E-state index in [1.165, 1.54) is 0 Å². The number of nitrogens with two attached hydrogens (primary N) is 1. The van der Waals surface area contributed by atoms with Crippen molar-refractivity contribution in [2.45, 2.75) is 20.8 Å². The third kappa shape index (κ3) is 3.47. The summed E-state index contributed by atoms with van der Waals surface area (Å²) in [4.78, 5) is 34.9. The van der Waals surface area contributed by atoms with E-state index >= 15 is 0 Å². The molecule has 7 nitrogen and oxygen atoms in total. The minimum atomic E-state index is -0.713. The molecular formula is C12H16N2O5S. The Kier molecular flexibility index (Phi) is 5.51. The maximum atomic E-state index is 11.9. The van der Waals surface area contributed by atoms with E-state index in [9.17, 15) is 14.4 Å². The molecule has 0 fully saturated rings. The molecule has 3 N–H and O–H groups in total. The van der Waals surface area contributed by atoms with Crippen LogP contribution in [0.4, 0.5) is 9.80 Å². The van der Waals surface area contributed by atoms with Gasteiger partial charge in [-0.1, -0.05) is 0 Å². The molecule has 0 saturated carbocycles. The van der Waals surface area contributed by atoms with Gasteiger partial charge in [0.1, 0.15) is 5.00 Å². The van der Waals surface area contributed by atoms with Crippen molar-refractivity contribution in [3.8, 4) is 0 Å². The van der Waals surface area contributed by atoms with Crippen molar-refractivity contribution in [2.24, 2.45) is 5.73 Å². The van der Waals surface area contributed by atoms with Crippen molar-refractivity contribution in [2.75, 3.05) is 18.5 Å². The maximum Gasteiger partial charge on any atom is 0.412 e. The smallest absolute Gasteiger partial charge is 0.412 e. The van der Waals surface area contributed by atoms with Gasteiger partial charge >= 0.3 is 12.1 Å². The van der Waals surface area contributed by atoms with Crippen molar-refractivity contribution >= 4 is 34.3 Å². The number of nitrogens with one attached hydrogen (secondary N) is 1. The zero-order valence-electron chi connectivity index (χ0n) is 11.4. The fraction of sp³-hybridized carbons (Fsp3) is 0.417. The van der Waals surface area contributed by atoms with Crippen molar-refractivity contribution < 1.29 is 23.9 Å². The maximum absolute atomic E-state index is 11.9. The molecule has 0 bridgehead atoms. The van der Waals surface area contributed by atoms with Crippen LogP contribution in [0.3, 0.4) is 0 Å². The van der Waals surface area contributed by atoms with Gasteiger partial charge in [-0.15, -0.1) is 11.3 Å². The molecule has 0 aliphatic carbocycles. The third-order valence-corrected chi connectivity index (χ3v) is 3.56. The molecule has 0 saturated heterocycles. The Hall–Kier alpha value is -2.09. The molecule has 8 heteroatoms. The predicted molar refractivity (Wildman–Crippen MR) is 74.2 cm³/mol. The van der Waals surface area contributed by atoms with Crippen LogP contribution in [-0.4, -0.2) is 31.2 Å². The standard InChI is InChI=1S/C12H16N2O5S/c1-4-18-11(16)7-6(3)8(9(13)15)20-10(7)14-12(17)19-5-2/h4-5H2,1-3H3,(H2,13,15)(H,14,17). The zero-order chi connectivity index (χ0) is 15.3. The van der Waals surface area contributed by atoms with E-state index in [1.54, 1.807) is 20.8 Å². The number of amides is 2. The molecule has 2 amide bonds. The first-order chi connectivity index (χ1) is 9.42. The van der Waals surface area contributed by atoms with Gasteiger partial charge in [0, 0.05) is 0 Å². The van der Waals surface area contributed by atoms with Gasteiger partial charge in [0.2, 0.25) is 0 Å². The van der Waals surface area contributed by atoms with Gasteiger partial charge in [0.15, 0.2) is 0 Å². The number of carbonyl (C=O) groups is 3. The molecule has 0 unspecified atom stereocenters. The number of rotatable bonds is 5. The molecule has 1 aromatic rings. The quantitative estimate of drug-likeness (QED) is 0.807. The molecule has 0 spiro atoms. The lowest BCUT2D eigenvalue weighted by Gasteiger charge is -2.06. The molecule has 1 aromatic heterocycles. The Balaban J connectivity index is 3.19. The normalized spacial score (nSPS) is 9.95. The zero-order valence-corrected chi connectivity index (χ0v) is 12.3. The van der Waals surface area contributed by atoms with Gasteiger partial charge in [-0.3, -0.25) is 10.1 Å². The van der Waals surface area contributed by atoms with E-state index < -0.39 is 18.0 Å². The number of hydrogen-bond acceptors (Lipinski definition) is 6. The highest BCUT2D eigenvalue weighted by Crippen LogP contribution is 2.33. The Morgan fingerprint density at radius 1 is 1.20 bits per heavy atom. The number of anilines is 1. The lowest BCUT2D eigenvalue weighted by molar-refractivity contribution is 0.0527. The molecule has 20 heavy (non-hydrogen) atoms. The number of primary amides is 1. The fourth-order valence-corrected chi connectivity index (χ4v) is 2.58. The fourth-order valence-electron chi connectivity index (χ4n) is 1.55. The topological polar surface area (TPSA) is 108 Å². The number of carbonyl (C=O) groups excluding carboxylic acids is 3. The highest BCUT2D eigenvalue weighted by Gasteiger charge is 2.25. The van der Waals surface area contributed by atoms with E-state index in [-0.39, 0.29) is 28.7 Å². The summed E-state index contributed by atoms with van der Waals surface area (Å²) < 4.78 is 9.65. The summed E-state index contributed by atoms with van der Waals surface area (Å²) in [7, 11) is 0. The van der Waals surface area contributed by atoms with Gasteiger partial charge in [0.05, 0.1) is 23.7 Å². The Morgan fingerprint density at radius 2 is 1.80 bits per heavy atom. The van der Waals surface area contributed by atoms with Crippen molar-refractivity contribution in [1.29, 1.82) is 0 Å². The average Bonchev–Trinajstić information content (AvgIpc) is 2.66. The molecule has 110 valence electrons. The Labute approximate surface area is 120 Å². The number of ether oxygens (including phenoxy) is 2. The van der Waals surface area contributed by atoms with Gasteiger partial charge in [-0.05, 0) is 26.3 Å². The molecule has 0 radical (unpaired) electrons. The predicted octanol–water partition coefficient (Wildman–Crippen LogP) is 1.90. The van der Waals surface area contributed by atoms with Crippen molar-refractivity contribution in [3.05, 3.63) is 16.0 Å². The highest BCUT2D eigenvalue weighted by atomic mass is 32.1. The number of esters is 1. The van der Waals surface area contributed by atoms with Gasteiger partial charge in [-0.25, -0.2) is 9.59 Å². The second-order valence-corrected chi connectivity index (χ2v) is 4.71. The first-order valence-electron chi connectivity index (χ1n) is 5.96. The lowest BCUT2D eigenvalue weighted by Crippen LogP contribution is -2.16. The van der Waals surface area contributed by atoms with E-state index in [0.29, 0.717) is 5.56 Å². The summed E-state index contributed by atoms with van der Waals surface area (Å²) in [5.74, 6) is -1.30. The van der Waals surface area contributed by atoms with Crippen LogP contribution in [0.1, 0.15) is 39.4 Å². The first-order valence-corrected chi connectivity index (χ1v) is 6.78. The van der Waals surface area contributed by atoms with Crippen molar-refractivity contribution in [3.63, 3.8) is 0 Å².